The highest BCUT2D eigenvalue weighted by atomic mass is 19.4. The topological polar surface area (TPSA) is 61.4 Å². The van der Waals surface area contributed by atoms with Crippen LogP contribution in [0.1, 0.15) is 34.3 Å². The normalized spacial score (nSPS) is 16.8. The molecule has 0 bridgehead atoms. The summed E-state index contributed by atoms with van der Waals surface area (Å²) >= 11 is 0. The summed E-state index contributed by atoms with van der Waals surface area (Å²) < 4.78 is 39.9. The van der Waals surface area contributed by atoms with E-state index < -0.39 is 24.7 Å². The fourth-order valence-electron chi connectivity index (χ4n) is 3.03. The van der Waals surface area contributed by atoms with Crippen molar-refractivity contribution in [1.82, 2.24) is 15.5 Å². The van der Waals surface area contributed by atoms with E-state index in [9.17, 15) is 22.8 Å². The molecular weight excluding hydrogens is 359 g/mol. The molecule has 0 aromatic heterocycles. The predicted molar refractivity (Wildman–Crippen MR) is 96.8 cm³/mol. The lowest BCUT2D eigenvalue weighted by Crippen LogP contribution is -2.57. The van der Waals surface area contributed by atoms with Crippen LogP contribution in [0.15, 0.2) is 18.2 Å². The Hall–Kier alpha value is -1.93. The molecule has 1 aromatic rings. The second-order valence-electron chi connectivity index (χ2n) is 6.87. The maximum atomic E-state index is 13.3. The lowest BCUT2D eigenvalue weighted by atomic mass is 10.0. The Kier molecular flexibility index (Phi) is 7.38. The number of halogens is 3. The number of rotatable bonds is 7. The second-order valence-corrected chi connectivity index (χ2v) is 6.87. The molecule has 150 valence electrons. The molecule has 1 atom stereocenters. The smallest absolute Gasteiger partial charge is 0.354 e. The number of alkyl halides is 3. The number of carbonyl (C=O) groups is 2. The van der Waals surface area contributed by atoms with Gasteiger partial charge in [-0.05, 0) is 31.0 Å². The number of ketones is 1. The fraction of sp³-hybridized carbons (Fsp3) is 0.579. The first-order valence-electron chi connectivity index (χ1n) is 9.07. The molecule has 1 saturated heterocycles. The minimum atomic E-state index is -4.42. The first kappa shape index (κ1) is 21.4. The van der Waals surface area contributed by atoms with Crippen molar-refractivity contribution in [2.24, 2.45) is 0 Å². The summed E-state index contributed by atoms with van der Waals surface area (Å²) in [6, 6.07) is 3.59. The Morgan fingerprint density at radius 3 is 2.41 bits per heavy atom. The number of aryl methyl sites for hydroxylation is 2. The molecule has 2 rings (SSSR count). The van der Waals surface area contributed by atoms with Crippen LogP contribution >= 0.6 is 0 Å². The molecule has 1 unspecified atom stereocenters. The van der Waals surface area contributed by atoms with E-state index in [1.54, 1.807) is 12.1 Å². The molecule has 1 aliphatic rings. The van der Waals surface area contributed by atoms with Gasteiger partial charge >= 0.3 is 6.18 Å². The largest absolute Gasteiger partial charge is 0.405 e. The lowest BCUT2D eigenvalue weighted by Gasteiger charge is -2.35. The van der Waals surface area contributed by atoms with Crippen molar-refractivity contribution in [3.8, 4) is 0 Å². The van der Waals surface area contributed by atoms with Gasteiger partial charge in [-0.3, -0.25) is 14.5 Å². The van der Waals surface area contributed by atoms with Crippen LogP contribution < -0.4 is 10.6 Å². The van der Waals surface area contributed by atoms with Crippen LogP contribution in [0.4, 0.5) is 13.2 Å². The number of Topliss-reactive ketones (excluding diaryl/α,β-unsaturated/α-hetero) is 1. The van der Waals surface area contributed by atoms with E-state index in [1.165, 1.54) is 4.90 Å². The zero-order chi connectivity index (χ0) is 20.0. The average molecular weight is 385 g/mol. The van der Waals surface area contributed by atoms with Crippen molar-refractivity contribution in [3.63, 3.8) is 0 Å². The Labute approximate surface area is 157 Å². The number of benzene rings is 1. The van der Waals surface area contributed by atoms with E-state index in [1.807, 2.05) is 19.9 Å². The van der Waals surface area contributed by atoms with Crippen molar-refractivity contribution in [1.29, 1.82) is 0 Å². The third-order valence-corrected chi connectivity index (χ3v) is 4.87. The first-order valence-corrected chi connectivity index (χ1v) is 9.07. The summed E-state index contributed by atoms with van der Waals surface area (Å²) in [4.78, 5) is 25.5. The van der Waals surface area contributed by atoms with Crippen LogP contribution in [-0.4, -0.2) is 61.5 Å². The maximum Gasteiger partial charge on any atom is 0.405 e. The molecule has 0 saturated carbocycles. The molecule has 1 heterocycles. The molecule has 5 nitrogen and oxygen atoms in total. The summed E-state index contributed by atoms with van der Waals surface area (Å²) in [6.07, 6.45) is -4.57. The van der Waals surface area contributed by atoms with Gasteiger partial charge in [-0.2, -0.15) is 13.2 Å². The van der Waals surface area contributed by atoms with E-state index in [4.69, 9.17) is 0 Å². The van der Waals surface area contributed by atoms with Crippen LogP contribution in [0, 0.1) is 13.8 Å². The van der Waals surface area contributed by atoms with Crippen LogP contribution in [0.5, 0.6) is 0 Å². The number of piperazine rings is 1. The average Bonchev–Trinajstić information content (AvgIpc) is 2.62. The molecule has 1 fully saturated rings. The second kappa shape index (κ2) is 9.32. The number of nitrogens with one attached hydrogen (secondary N) is 2. The van der Waals surface area contributed by atoms with E-state index in [0.29, 0.717) is 18.7 Å². The molecule has 1 aliphatic heterocycles. The standard InChI is InChI=1S/C19H26F3N3O2/c1-13-3-4-15(11-14(13)2)16(26)5-6-18(27)24-12-17(19(20,21)22)25-9-7-23-8-10-25/h3-4,11,17,23H,5-10,12H2,1-2H3,(H,24,27). The third-order valence-electron chi connectivity index (χ3n) is 4.87. The maximum absolute atomic E-state index is 13.3. The first-order chi connectivity index (χ1) is 12.7. The van der Waals surface area contributed by atoms with E-state index in [-0.39, 0.29) is 31.7 Å². The van der Waals surface area contributed by atoms with E-state index in [2.05, 4.69) is 10.6 Å². The zero-order valence-corrected chi connectivity index (χ0v) is 15.7. The molecule has 27 heavy (non-hydrogen) atoms. The van der Waals surface area contributed by atoms with E-state index >= 15 is 0 Å². The van der Waals surface area contributed by atoms with Gasteiger partial charge in [0.1, 0.15) is 6.04 Å². The van der Waals surface area contributed by atoms with Crippen molar-refractivity contribution in [2.75, 3.05) is 32.7 Å². The molecule has 1 aromatic carbocycles. The van der Waals surface area contributed by atoms with Crippen molar-refractivity contribution in [2.45, 2.75) is 38.9 Å². The summed E-state index contributed by atoms with van der Waals surface area (Å²) in [5, 5.41) is 5.35. The molecule has 1 amide bonds. The number of amides is 1. The Bertz CT molecular complexity index is 671. The van der Waals surface area contributed by atoms with E-state index in [0.717, 1.165) is 11.1 Å². The van der Waals surface area contributed by atoms with Crippen LogP contribution in [0.3, 0.4) is 0 Å². The highest BCUT2D eigenvalue weighted by Crippen LogP contribution is 2.24. The van der Waals surface area contributed by atoms with Gasteiger partial charge in [-0.25, -0.2) is 0 Å². The zero-order valence-electron chi connectivity index (χ0n) is 15.7. The number of carbonyl (C=O) groups excluding carboxylic acids is 2. The molecule has 2 N–H and O–H groups in total. The Morgan fingerprint density at radius 1 is 1.15 bits per heavy atom. The summed E-state index contributed by atoms with van der Waals surface area (Å²) in [5.74, 6) is -0.737. The monoisotopic (exact) mass is 385 g/mol. The van der Waals surface area contributed by atoms with Crippen molar-refractivity contribution in [3.05, 3.63) is 34.9 Å². The highest BCUT2D eigenvalue weighted by Gasteiger charge is 2.43. The lowest BCUT2D eigenvalue weighted by molar-refractivity contribution is -0.184. The Balaban J connectivity index is 1.84. The summed E-state index contributed by atoms with van der Waals surface area (Å²) in [7, 11) is 0. The van der Waals surface area contributed by atoms with Gasteiger partial charge in [-0.1, -0.05) is 12.1 Å². The predicted octanol–water partition coefficient (Wildman–Crippen LogP) is 2.22. The van der Waals surface area contributed by atoms with Gasteiger partial charge < -0.3 is 10.6 Å². The van der Waals surface area contributed by atoms with Gasteiger partial charge in [0.25, 0.3) is 0 Å². The summed E-state index contributed by atoms with van der Waals surface area (Å²) in [6.45, 7) is 4.88. The highest BCUT2D eigenvalue weighted by molar-refractivity contribution is 5.98. The van der Waals surface area contributed by atoms with Gasteiger partial charge in [0.2, 0.25) is 5.91 Å². The minimum absolute atomic E-state index is 0.0291. The molecular formula is C19H26F3N3O2. The molecule has 0 aliphatic carbocycles. The fourth-order valence-corrected chi connectivity index (χ4v) is 3.03. The van der Waals surface area contributed by atoms with Gasteiger partial charge in [0.15, 0.2) is 5.78 Å². The number of nitrogens with zero attached hydrogens (tertiary/aromatic N) is 1. The molecule has 0 radical (unpaired) electrons. The summed E-state index contributed by atoms with van der Waals surface area (Å²) in [5.41, 5.74) is 2.56. The van der Waals surface area contributed by atoms with Gasteiger partial charge in [-0.15, -0.1) is 0 Å². The van der Waals surface area contributed by atoms with Crippen LogP contribution in [0.2, 0.25) is 0 Å². The minimum Gasteiger partial charge on any atom is -0.354 e. The quantitative estimate of drug-likeness (QED) is 0.707. The number of hydrogen-bond acceptors (Lipinski definition) is 4. The SMILES string of the molecule is Cc1ccc(C(=O)CCC(=O)NCC(N2CCNCC2)C(F)(F)F)cc1C. The van der Waals surface area contributed by atoms with Gasteiger partial charge in [0.05, 0.1) is 0 Å². The van der Waals surface area contributed by atoms with Crippen LogP contribution in [-0.2, 0) is 4.79 Å². The Morgan fingerprint density at radius 2 is 1.81 bits per heavy atom. The van der Waals surface area contributed by atoms with Crippen molar-refractivity contribution >= 4 is 11.7 Å². The molecule has 0 spiro atoms. The number of hydrogen-bond donors (Lipinski definition) is 2. The van der Waals surface area contributed by atoms with Crippen molar-refractivity contribution < 1.29 is 22.8 Å². The van der Waals surface area contributed by atoms with Crippen LogP contribution in [0.25, 0.3) is 0 Å². The molecule has 8 heteroatoms. The third kappa shape index (κ3) is 6.32. The van der Waals surface area contributed by atoms with Gasteiger partial charge in [0, 0.05) is 51.1 Å².